The van der Waals surface area contributed by atoms with Gasteiger partial charge in [-0.1, -0.05) is 249 Å². The van der Waals surface area contributed by atoms with E-state index in [1.807, 2.05) is 91.1 Å². The normalized spacial score (nSPS) is 12.1. The molecule has 12 heterocycles. The molecule has 572 valence electrons. The van der Waals surface area contributed by atoms with Gasteiger partial charge in [0.2, 0.25) is 5.69 Å². The monoisotopic (exact) mass is 1570 g/mol. The fraction of sp³-hybridized carbons (Fsp3) is 0. The van der Waals surface area contributed by atoms with E-state index in [0.717, 1.165) is 222 Å². The van der Waals surface area contributed by atoms with Crippen molar-refractivity contribution in [2.75, 3.05) is 4.90 Å². The Hall–Kier alpha value is -17.0. The molecular weight excluding hydrogens is 1510 g/mol. The number of benzene rings is 16. The van der Waals surface area contributed by atoms with Crippen LogP contribution >= 0.6 is 0 Å². The molecule has 28 rings (SSSR count). The molecule has 0 fully saturated rings. The van der Waals surface area contributed by atoms with Gasteiger partial charge in [0.1, 0.15) is 45.5 Å². The van der Waals surface area contributed by atoms with Gasteiger partial charge in [0.15, 0.2) is 17.5 Å². The van der Waals surface area contributed by atoms with Gasteiger partial charge in [-0.15, -0.1) is 0 Å². The average Bonchev–Trinajstić information content (AvgIpc) is 1.56. The Morgan fingerprint density at radius 2 is 0.626 bits per heavy atom. The van der Waals surface area contributed by atoms with Crippen molar-refractivity contribution in [2.24, 2.45) is 0 Å². The summed E-state index contributed by atoms with van der Waals surface area (Å²) in [6.45, 7) is 0. The van der Waals surface area contributed by atoms with Crippen molar-refractivity contribution in [1.82, 2.24) is 43.1 Å². The number of fused-ring (bicyclic) bond motifs is 11. The van der Waals surface area contributed by atoms with E-state index in [4.69, 9.17) is 43.2 Å². The van der Waals surface area contributed by atoms with E-state index in [1.165, 1.54) is 16.2 Å². The number of nitrogens with zero attached hydrogens (tertiary/aromatic N) is 11. The summed E-state index contributed by atoms with van der Waals surface area (Å²) in [5, 5.41) is 14.7. The van der Waals surface area contributed by atoms with Gasteiger partial charge < -0.3 is 18.2 Å². The minimum absolute atomic E-state index is 0.590. The Morgan fingerprint density at radius 1 is 0.236 bits per heavy atom. The summed E-state index contributed by atoms with van der Waals surface area (Å²) in [5.41, 5.74) is 27.9. The van der Waals surface area contributed by atoms with E-state index in [9.17, 15) is 0 Å². The lowest BCUT2D eigenvalue weighted by atomic mass is 10.0. The number of furan rings is 3. The van der Waals surface area contributed by atoms with Crippen molar-refractivity contribution in [3.05, 3.63) is 389 Å². The molecule has 0 N–H and O–H groups in total. The van der Waals surface area contributed by atoms with Crippen LogP contribution in [0.25, 0.3) is 232 Å². The Labute approximate surface area is 699 Å². The number of aromatic nitrogens is 10. The maximum Gasteiger partial charge on any atom is 0.328 e. The zero-order valence-corrected chi connectivity index (χ0v) is 65.6. The zero-order valence-electron chi connectivity index (χ0n) is 65.6. The lowest BCUT2D eigenvalue weighted by molar-refractivity contribution is -0.513. The third kappa shape index (κ3) is 10.4. The summed E-state index contributed by atoms with van der Waals surface area (Å²) in [5.74, 6) is 3.04. The van der Waals surface area contributed by atoms with Gasteiger partial charge in [-0.25, -0.2) is 29.3 Å². The highest BCUT2D eigenvalue weighted by atomic mass is 16.3. The molecule has 0 spiro atoms. The van der Waals surface area contributed by atoms with Crippen LogP contribution in [0.15, 0.2) is 402 Å². The van der Waals surface area contributed by atoms with Crippen LogP contribution < -0.4 is 9.30 Å². The zero-order chi connectivity index (χ0) is 80.5. The fourth-order valence-electron chi connectivity index (χ4n) is 19.2. The Kier molecular flexibility index (Phi) is 14.8. The SMILES string of the molecule is c1ccc(-c2c[n+]3ccccc3nc2-c2nc3ccc4oc5cccc6c7ccccc7n2c3c4c56)cc1.c1ccc(-c2nc(-c3nc4ccc5oc6cccc7c8ccccc8n3c4c5c67)nc3ccccc23)cc1.c1ccc(N(c2ccccc2)c2ccc(-c3ccc(-c4nc5ccc6oc7cccc8c9ccccc9n4c5c6c78)cc3)cc2)cc1. The molecule has 14 heteroatoms. The molecule has 0 radical (unpaired) electrons. The predicted molar refractivity (Wildman–Crippen MR) is 497 cm³/mol. The van der Waals surface area contributed by atoms with Crippen LogP contribution in [-0.4, -0.2) is 43.1 Å². The van der Waals surface area contributed by atoms with Crippen LogP contribution in [0, 0.1) is 0 Å². The minimum atomic E-state index is 0.590. The van der Waals surface area contributed by atoms with Crippen LogP contribution in [0.5, 0.6) is 0 Å². The lowest BCUT2D eigenvalue weighted by Gasteiger charge is -2.25. The largest absolute Gasteiger partial charge is 0.456 e. The standard InChI is InChI=1S/C43H27N3O.C33H18N4O.C33H19N4O/c1-3-10-31(11-4-1)45(32-12-5-2-6-13-32)33-24-22-29(23-25-33)28-18-20-30(21-19-28)43-44-36-26-27-39-41-40-35(15-9-17-38(40)47-39)34-14-7-8-16-37(34)46(43)42(36)41;1-2-9-19(10-3-1)30-22-12-4-6-14-23(22)34-32(36-30)33-35-24-17-18-27-29-28-21(13-8-16-26(28)38-27)20-11-5-7-15-25(20)37(33)31(24)29;1-2-9-20(10-3-1)23-19-36-18-7-6-15-28(36)35-31(23)33-34-24-16-17-27-30-29-22(12-8-14-26(29)38-27)21-11-4-5-13-25(21)37(33)32(24)30/h1-27H;1-18H;1-19H/q;;+1. The Morgan fingerprint density at radius 3 is 1.15 bits per heavy atom. The van der Waals surface area contributed by atoms with Crippen LogP contribution in [0.4, 0.5) is 17.1 Å². The maximum atomic E-state index is 6.35. The summed E-state index contributed by atoms with van der Waals surface area (Å²) in [4.78, 5) is 33.4. The first-order valence-corrected chi connectivity index (χ1v) is 41.2. The van der Waals surface area contributed by atoms with Crippen LogP contribution in [0.3, 0.4) is 0 Å². The van der Waals surface area contributed by atoms with E-state index in [2.05, 4.69) is 320 Å². The third-order valence-corrected chi connectivity index (χ3v) is 24.5. The lowest BCUT2D eigenvalue weighted by Crippen LogP contribution is -2.23. The van der Waals surface area contributed by atoms with Crippen LogP contribution in [0.1, 0.15) is 0 Å². The molecule has 0 atom stereocenters. The molecular formula is C109H64N11O3+. The van der Waals surface area contributed by atoms with Crippen LogP contribution in [-0.2, 0) is 0 Å². The summed E-state index contributed by atoms with van der Waals surface area (Å²) in [6, 6.07) is 130. The van der Waals surface area contributed by atoms with E-state index in [1.54, 1.807) is 0 Å². The summed E-state index contributed by atoms with van der Waals surface area (Å²) in [6.07, 6.45) is 4.19. The molecule has 0 amide bonds. The highest BCUT2D eigenvalue weighted by molar-refractivity contribution is 6.31. The van der Waals surface area contributed by atoms with Crippen molar-refractivity contribution in [1.29, 1.82) is 0 Å². The second-order valence-corrected chi connectivity index (χ2v) is 31.4. The number of pyridine rings is 1. The van der Waals surface area contributed by atoms with Crippen LogP contribution in [0.2, 0.25) is 0 Å². The number of rotatable bonds is 9. The third-order valence-electron chi connectivity index (χ3n) is 24.5. The minimum Gasteiger partial charge on any atom is -0.456 e. The highest BCUT2D eigenvalue weighted by Crippen LogP contribution is 2.48. The Balaban J connectivity index is 0.0000000997. The van der Waals surface area contributed by atoms with E-state index in [0.29, 0.717) is 11.6 Å². The molecule has 0 unspecified atom stereocenters. The van der Waals surface area contributed by atoms with Gasteiger partial charge in [-0.2, -0.15) is 0 Å². The molecule has 0 aliphatic heterocycles. The smallest absolute Gasteiger partial charge is 0.328 e. The number of hydrogen-bond acceptors (Lipinski definition) is 10. The first-order valence-electron chi connectivity index (χ1n) is 41.2. The van der Waals surface area contributed by atoms with Crippen molar-refractivity contribution in [3.63, 3.8) is 0 Å². The van der Waals surface area contributed by atoms with Crippen molar-refractivity contribution < 1.29 is 17.7 Å². The van der Waals surface area contributed by atoms with Gasteiger partial charge in [0.05, 0.1) is 88.8 Å². The number of hydrogen-bond donors (Lipinski definition) is 0. The van der Waals surface area contributed by atoms with Gasteiger partial charge in [-0.05, 0) is 159 Å². The second-order valence-electron chi connectivity index (χ2n) is 31.4. The molecule has 28 aromatic rings. The molecule has 0 bridgehead atoms. The summed E-state index contributed by atoms with van der Waals surface area (Å²) >= 11 is 0. The van der Waals surface area contributed by atoms with Gasteiger partial charge in [0.25, 0.3) is 0 Å². The molecule has 0 aliphatic rings. The molecule has 12 aromatic heterocycles. The number of imidazole rings is 3. The maximum absolute atomic E-state index is 6.35. The summed E-state index contributed by atoms with van der Waals surface area (Å²) < 4.78 is 27.9. The predicted octanol–water partition coefficient (Wildman–Crippen LogP) is 27.5. The molecule has 0 aliphatic carbocycles. The first kappa shape index (κ1) is 68.1. The van der Waals surface area contributed by atoms with Crippen molar-refractivity contribution >= 4 is 181 Å². The second kappa shape index (κ2) is 26.8. The van der Waals surface area contributed by atoms with E-state index < -0.39 is 0 Å². The molecule has 14 nitrogen and oxygen atoms in total. The van der Waals surface area contributed by atoms with Crippen molar-refractivity contribution in [3.8, 4) is 68.1 Å². The average molecular weight is 1580 g/mol. The quantitative estimate of drug-likeness (QED) is 0.128. The number of anilines is 3. The van der Waals surface area contributed by atoms with E-state index >= 15 is 0 Å². The van der Waals surface area contributed by atoms with E-state index in [-0.39, 0.29) is 0 Å². The van der Waals surface area contributed by atoms with Crippen molar-refractivity contribution in [2.45, 2.75) is 0 Å². The van der Waals surface area contributed by atoms with Gasteiger partial charge >= 0.3 is 5.65 Å². The molecule has 0 saturated carbocycles. The molecule has 0 saturated heterocycles. The fourth-order valence-corrected chi connectivity index (χ4v) is 19.2. The van der Waals surface area contributed by atoms with Gasteiger partial charge in [0, 0.05) is 72.0 Å². The number of para-hydroxylation sites is 6. The highest BCUT2D eigenvalue weighted by Gasteiger charge is 2.30. The molecule has 16 aromatic carbocycles. The molecule has 123 heavy (non-hydrogen) atoms. The topological polar surface area (TPSA) is 137 Å². The first-order chi connectivity index (χ1) is 61.0. The Bertz CT molecular complexity index is 9030. The van der Waals surface area contributed by atoms with Gasteiger partial charge in [-0.3, -0.25) is 13.2 Å². The summed E-state index contributed by atoms with van der Waals surface area (Å²) in [7, 11) is 0.